The van der Waals surface area contributed by atoms with Gasteiger partial charge in [0.15, 0.2) is 0 Å². The van der Waals surface area contributed by atoms with Crippen LogP contribution in [0.5, 0.6) is 5.75 Å². The van der Waals surface area contributed by atoms with Gasteiger partial charge in [-0.05, 0) is 38.3 Å². The number of nitrogens with one attached hydrogen (secondary N) is 1. The molecule has 0 saturated heterocycles. The second-order valence-corrected chi connectivity index (χ2v) is 6.67. The van der Waals surface area contributed by atoms with Crippen molar-refractivity contribution < 1.29 is 13.2 Å². The zero-order chi connectivity index (χ0) is 15.6. The Hall–Kier alpha value is -1.51. The van der Waals surface area contributed by atoms with E-state index in [9.17, 15) is 8.42 Å². The predicted molar refractivity (Wildman–Crippen MR) is 80.3 cm³/mol. The number of rotatable bonds is 5. The van der Waals surface area contributed by atoms with E-state index >= 15 is 0 Å². The summed E-state index contributed by atoms with van der Waals surface area (Å²) in [5.74, 6) is 3.03. The number of benzene rings is 1. The Morgan fingerprint density at radius 3 is 2.40 bits per heavy atom. The Morgan fingerprint density at radius 2 is 1.95 bits per heavy atom. The summed E-state index contributed by atoms with van der Waals surface area (Å²) in [7, 11) is -2.18. The van der Waals surface area contributed by atoms with Crippen molar-refractivity contribution >= 4 is 10.0 Å². The maximum Gasteiger partial charge on any atom is 0.242 e. The molecule has 0 bridgehead atoms. The monoisotopic (exact) mass is 295 g/mol. The van der Waals surface area contributed by atoms with E-state index in [4.69, 9.17) is 11.2 Å². The average molecular weight is 295 g/mol. The summed E-state index contributed by atoms with van der Waals surface area (Å²) in [5.41, 5.74) is 0.647. The van der Waals surface area contributed by atoms with Crippen LogP contribution in [0.4, 0.5) is 0 Å². The van der Waals surface area contributed by atoms with E-state index < -0.39 is 15.6 Å². The van der Waals surface area contributed by atoms with Crippen LogP contribution in [0.1, 0.15) is 31.4 Å². The topological polar surface area (TPSA) is 55.4 Å². The summed E-state index contributed by atoms with van der Waals surface area (Å²) in [4.78, 5) is 0.190. The van der Waals surface area contributed by atoms with Crippen LogP contribution in [-0.2, 0) is 10.0 Å². The number of sulfonamides is 1. The molecule has 1 atom stereocenters. The minimum absolute atomic E-state index is 0.190. The van der Waals surface area contributed by atoms with Gasteiger partial charge in [0, 0.05) is 6.07 Å². The summed E-state index contributed by atoms with van der Waals surface area (Å²) in [6.45, 7) is 7.14. The molecule has 0 aliphatic carbocycles. The minimum Gasteiger partial charge on any atom is -0.496 e. The highest BCUT2D eigenvalue weighted by atomic mass is 32.2. The van der Waals surface area contributed by atoms with Crippen LogP contribution in [0.2, 0.25) is 0 Å². The highest BCUT2D eigenvalue weighted by Crippen LogP contribution is 2.26. The van der Waals surface area contributed by atoms with Crippen molar-refractivity contribution in [3.05, 3.63) is 23.3 Å². The molecular formula is C15H21NO3S. The number of hydrogen-bond donors (Lipinski definition) is 1. The minimum atomic E-state index is -3.69. The van der Waals surface area contributed by atoms with Gasteiger partial charge in [0.25, 0.3) is 0 Å². The van der Waals surface area contributed by atoms with Crippen molar-refractivity contribution in [1.29, 1.82) is 0 Å². The Labute approximate surface area is 121 Å². The third-order valence-corrected chi connectivity index (χ3v) is 5.11. The lowest BCUT2D eigenvalue weighted by molar-refractivity contribution is 0.410. The molecule has 0 saturated carbocycles. The summed E-state index contributed by atoms with van der Waals surface area (Å²) in [6.07, 6.45) is 5.92. The SMILES string of the molecule is C#CC(C)(CC)NS(=O)(=O)c1cc(OC)c(C)cc1C. The lowest BCUT2D eigenvalue weighted by Gasteiger charge is -2.24. The molecule has 0 spiro atoms. The molecule has 1 aromatic rings. The third-order valence-electron chi connectivity index (χ3n) is 3.37. The Balaban J connectivity index is 3.34. The highest BCUT2D eigenvalue weighted by molar-refractivity contribution is 7.89. The van der Waals surface area contributed by atoms with Gasteiger partial charge in [0.05, 0.1) is 17.5 Å². The van der Waals surface area contributed by atoms with E-state index in [0.717, 1.165) is 5.56 Å². The molecule has 4 nitrogen and oxygen atoms in total. The highest BCUT2D eigenvalue weighted by Gasteiger charge is 2.28. The summed E-state index contributed by atoms with van der Waals surface area (Å²) >= 11 is 0. The van der Waals surface area contributed by atoms with E-state index in [2.05, 4.69) is 10.6 Å². The fourth-order valence-corrected chi connectivity index (χ4v) is 3.53. The lowest BCUT2D eigenvalue weighted by atomic mass is 10.0. The van der Waals surface area contributed by atoms with Gasteiger partial charge in [-0.25, -0.2) is 8.42 Å². The second kappa shape index (κ2) is 5.86. The Kier molecular flexibility index (Phi) is 4.85. The maximum absolute atomic E-state index is 12.5. The molecule has 5 heteroatoms. The Morgan fingerprint density at radius 1 is 1.35 bits per heavy atom. The molecule has 110 valence electrons. The van der Waals surface area contributed by atoms with E-state index in [1.807, 2.05) is 13.8 Å². The van der Waals surface area contributed by atoms with Gasteiger partial charge in [-0.2, -0.15) is 4.72 Å². The van der Waals surface area contributed by atoms with Crippen molar-refractivity contribution in [3.8, 4) is 18.1 Å². The number of hydrogen-bond acceptors (Lipinski definition) is 3. The van der Waals surface area contributed by atoms with Crippen molar-refractivity contribution in [2.75, 3.05) is 7.11 Å². The lowest BCUT2D eigenvalue weighted by Crippen LogP contribution is -2.44. The van der Waals surface area contributed by atoms with Gasteiger partial charge in [-0.3, -0.25) is 0 Å². The van der Waals surface area contributed by atoms with Crippen LogP contribution in [0.25, 0.3) is 0 Å². The largest absolute Gasteiger partial charge is 0.496 e. The number of aryl methyl sites for hydroxylation is 2. The fourth-order valence-electron chi connectivity index (χ4n) is 1.88. The van der Waals surface area contributed by atoms with Gasteiger partial charge >= 0.3 is 0 Å². The molecule has 0 amide bonds. The smallest absolute Gasteiger partial charge is 0.242 e. The van der Waals surface area contributed by atoms with Crippen molar-refractivity contribution in [2.24, 2.45) is 0 Å². The van der Waals surface area contributed by atoms with Crippen LogP contribution in [0, 0.1) is 26.2 Å². The molecule has 0 aliphatic rings. The number of methoxy groups -OCH3 is 1. The third kappa shape index (κ3) is 3.33. The van der Waals surface area contributed by atoms with Gasteiger partial charge < -0.3 is 4.74 Å². The van der Waals surface area contributed by atoms with Crippen LogP contribution in [-0.4, -0.2) is 21.1 Å². The molecule has 1 N–H and O–H groups in total. The summed E-state index contributed by atoms with van der Waals surface area (Å²) in [5, 5.41) is 0. The van der Waals surface area contributed by atoms with Crippen LogP contribution in [0.15, 0.2) is 17.0 Å². The molecule has 0 aromatic heterocycles. The normalized spacial score (nSPS) is 14.4. The fraction of sp³-hybridized carbons (Fsp3) is 0.467. The van der Waals surface area contributed by atoms with Crippen LogP contribution < -0.4 is 9.46 Å². The molecule has 0 aliphatic heterocycles. The van der Waals surface area contributed by atoms with E-state index in [1.54, 1.807) is 19.9 Å². The standard InChI is InChI=1S/C15H21NO3S/c1-7-15(5,8-2)16-20(17,18)14-10-13(19-6)11(3)9-12(14)4/h1,9-10,16H,8H2,2-6H3. The van der Waals surface area contributed by atoms with Gasteiger partial charge in [0.1, 0.15) is 5.75 Å². The predicted octanol–water partition coefficient (Wildman–Crippen LogP) is 2.39. The molecule has 0 fully saturated rings. The van der Waals surface area contributed by atoms with Crippen molar-refractivity contribution in [2.45, 2.75) is 44.6 Å². The Bertz CT molecular complexity index is 644. The zero-order valence-corrected chi connectivity index (χ0v) is 13.4. The van der Waals surface area contributed by atoms with E-state index in [0.29, 0.717) is 17.7 Å². The van der Waals surface area contributed by atoms with Crippen LogP contribution >= 0.6 is 0 Å². The zero-order valence-electron chi connectivity index (χ0n) is 12.6. The van der Waals surface area contributed by atoms with Gasteiger partial charge in [0.2, 0.25) is 10.0 Å². The van der Waals surface area contributed by atoms with Gasteiger partial charge in [-0.15, -0.1) is 6.42 Å². The first-order valence-corrected chi connectivity index (χ1v) is 7.84. The first kappa shape index (κ1) is 16.5. The van der Waals surface area contributed by atoms with Crippen molar-refractivity contribution in [3.63, 3.8) is 0 Å². The first-order valence-electron chi connectivity index (χ1n) is 6.36. The molecule has 1 rings (SSSR count). The first-order chi connectivity index (χ1) is 9.19. The average Bonchev–Trinajstić information content (AvgIpc) is 2.38. The molecule has 0 heterocycles. The molecular weight excluding hydrogens is 274 g/mol. The number of terminal acetylenes is 1. The maximum atomic E-state index is 12.5. The van der Waals surface area contributed by atoms with Gasteiger partial charge in [-0.1, -0.05) is 18.9 Å². The van der Waals surface area contributed by atoms with E-state index in [1.165, 1.54) is 13.2 Å². The molecule has 20 heavy (non-hydrogen) atoms. The van der Waals surface area contributed by atoms with Crippen molar-refractivity contribution in [1.82, 2.24) is 4.72 Å². The quantitative estimate of drug-likeness (QED) is 0.849. The van der Waals surface area contributed by atoms with Crippen LogP contribution in [0.3, 0.4) is 0 Å². The summed E-state index contributed by atoms with van der Waals surface area (Å²) in [6, 6.07) is 3.31. The summed E-state index contributed by atoms with van der Waals surface area (Å²) < 4.78 is 32.8. The number of ether oxygens (including phenoxy) is 1. The molecule has 1 unspecified atom stereocenters. The molecule has 0 radical (unpaired) electrons. The van der Waals surface area contributed by atoms with E-state index in [-0.39, 0.29) is 4.90 Å². The molecule has 1 aromatic carbocycles. The second-order valence-electron chi connectivity index (χ2n) is 5.02.